The Morgan fingerprint density at radius 3 is 2.52 bits per heavy atom. The van der Waals surface area contributed by atoms with Gasteiger partial charge in [0.2, 0.25) is 5.91 Å². The fourth-order valence-electron chi connectivity index (χ4n) is 2.65. The van der Waals surface area contributed by atoms with Crippen LogP contribution in [-0.4, -0.2) is 33.4 Å². The molecule has 0 aliphatic carbocycles. The number of para-hydroxylation sites is 1. The van der Waals surface area contributed by atoms with E-state index >= 15 is 0 Å². The molecule has 0 spiro atoms. The molecule has 0 bridgehead atoms. The summed E-state index contributed by atoms with van der Waals surface area (Å²) in [5, 5.41) is 14.4. The van der Waals surface area contributed by atoms with E-state index in [2.05, 4.69) is 20.9 Å². The highest BCUT2D eigenvalue weighted by Crippen LogP contribution is 2.21. The summed E-state index contributed by atoms with van der Waals surface area (Å²) in [7, 11) is 0. The molecule has 0 atom stereocenters. The van der Waals surface area contributed by atoms with Crippen molar-refractivity contribution in [2.45, 2.75) is 19.9 Å². The molecule has 2 amide bonds. The van der Waals surface area contributed by atoms with Gasteiger partial charge in [0.05, 0.1) is 16.4 Å². The van der Waals surface area contributed by atoms with Gasteiger partial charge in [-0.15, -0.1) is 5.10 Å². The second-order valence-electron chi connectivity index (χ2n) is 6.34. The minimum absolute atomic E-state index is 0.0289. The van der Waals surface area contributed by atoms with Gasteiger partial charge in [0.1, 0.15) is 6.54 Å². The number of anilines is 1. The smallest absolute Gasteiger partial charge is 0.278 e. The van der Waals surface area contributed by atoms with Crippen molar-refractivity contribution >= 4 is 40.7 Å². The maximum absolute atomic E-state index is 12.4. The Hall–Kier alpha value is -2.90. The maximum atomic E-state index is 12.4. The van der Waals surface area contributed by atoms with E-state index in [1.54, 1.807) is 31.2 Å². The Morgan fingerprint density at radius 1 is 1.07 bits per heavy atom. The Balaban J connectivity index is 1.54. The minimum atomic E-state index is -0.440. The van der Waals surface area contributed by atoms with Crippen LogP contribution in [0.2, 0.25) is 10.0 Å². The molecule has 0 unspecified atom stereocenters. The van der Waals surface area contributed by atoms with Gasteiger partial charge >= 0.3 is 0 Å². The Bertz CT molecular complexity index is 1020. The molecule has 7 nitrogen and oxygen atoms in total. The van der Waals surface area contributed by atoms with E-state index in [1.807, 2.05) is 24.3 Å². The second kappa shape index (κ2) is 9.54. The maximum Gasteiger partial charge on any atom is 0.278 e. The third-order valence-electron chi connectivity index (χ3n) is 4.26. The monoisotopic (exact) mass is 431 g/mol. The molecule has 3 rings (SSSR count). The summed E-state index contributed by atoms with van der Waals surface area (Å²) in [4.78, 5) is 24.6. The van der Waals surface area contributed by atoms with E-state index in [0.29, 0.717) is 34.4 Å². The molecule has 29 heavy (non-hydrogen) atoms. The van der Waals surface area contributed by atoms with Crippen molar-refractivity contribution in [1.82, 2.24) is 20.3 Å². The molecular weight excluding hydrogens is 413 g/mol. The molecule has 9 heteroatoms. The number of amides is 2. The third kappa shape index (κ3) is 5.56. The lowest BCUT2D eigenvalue weighted by Gasteiger charge is -2.07. The normalized spacial score (nSPS) is 10.6. The first-order chi connectivity index (χ1) is 13.9. The van der Waals surface area contributed by atoms with Crippen molar-refractivity contribution in [3.05, 3.63) is 75.5 Å². The van der Waals surface area contributed by atoms with Crippen molar-refractivity contribution in [3.63, 3.8) is 0 Å². The summed E-state index contributed by atoms with van der Waals surface area (Å²) >= 11 is 11.9. The highest BCUT2D eigenvalue weighted by molar-refractivity contribution is 6.33. The van der Waals surface area contributed by atoms with E-state index in [9.17, 15) is 9.59 Å². The fourth-order valence-corrected chi connectivity index (χ4v) is 2.96. The zero-order valence-electron chi connectivity index (χ0n) is 15.7. The average Bonchev–Trinajstić information content (AvgIpc) is 3.05. The molecule has 2 aromatic carbocycles. The molecule has 0 saturated heterocycles. The van der Waals surface area contributed by atoms with Crippen LogP contribution in [0.1, 0.15) is 21.7 Å². The number of nitrogens with zero attached hydrogens (tertiary/aromatic N) is 3. The summed E-state index contributed by atoms with van der Waals surface area (Å²) in [6.45, 7) is 2.13. The van der Waals surface area contributed by atoms with Crippen LogP contribution in [0, 0.1) is 6.92 Å². The van der Waals surface area contributed by atoms with Crippen LogP contribution in [-0.2, 0) is 17.8 Å². The lowest BCUT2D eigenvalue weighted by atomic mass is 10.1. The molecule has 0 aliphatic heterocycles. The van der Waals surface area contributed by atoms with Gasteiger partial charge in [-0.1, -0.05) is 52.7 Å². The summed E-state index contributed by atoms with van der Waals surface area (Å²) in [6.07, 6.45) is 0.685. The van der Waals surface area contributed by atoms with Crippen LogP contribution in [0.5, 0.6) is 0 Å². The number of aromatic nitrogens is 3. The molecule has 2 N–H and O–H groups in total. The van der Waals surface area contributed by atoms with Crippen molar-refractivity contribution < 1.29 is 9.59 Å². The lowest BCUT2D eigenvalue weighted by molar-refractivity contribution is -0.121. The minimum Gasteiger partial charge on any atom is -0.354 e. The first-order valence-electron chi connectivity index (χ1n) is 8.91. The number of carbonyl (C=O) groups excluding carboxylic acids is 2. The van der Waals surface area contributed by atoms with Crippen LogP contribution >= 0.6 is 23.2 Å². The molecular formula is C20H19Cl2N5O2. The topological polar surface area (TPSA) is 88.9 Å². The summed E-state index contributed by atoms with van der Waals surface area (Å²) < 4.78 is 1.39. The number of carbonyl (C=O) groups is 2. The van der Waals surface area contributed by atoms with E-state index in [1.165, 1.54) is 4.68 Å². The number of nitrogens with one attached hydrogen (secondary N) is 2. The quantitative estimate of drug-likeness (QED) is 0.598. The zero-order valence-corrected chi connectivity index (χ0v) is 17.2. The highest BCUT2D eigenvalue weighted by Gasteiger charge is 2.18. The predicted octanol–water partition coefficient (Wildman–Crippen LogP) is 3.50. The Morgan fingerprint density at radius 2 is 1.79 bits per heavy atom. The summed E-state index contributed by atoms with van der Waals surface area (Å²) in [5.74, 6) is -0.657. The fraction of sp³-hybridized carbons (Fsp3) is 0.200. The van der Waals surface area contributed by atoms with Crippen molar-refractivity contribution in [1.29, 1.82) is 0 Å². The average molecular weight is 432 g/mol. The van der Waals surface area contributed by atoms with Gasteiger partial charge in [0.15, 0.2) is 5.69 Å². The molecule has 0 saturated carbocycles. The first-order valence-corrected chi connectivity index (χ1v) is 9.66. The Labute approximate surface area is 178 Å². The largest absolute Gasteiger partial charge is 0.354 e. The summed E-state index contributed by atoms with van der Waals surface area (Å²) in [6, 6.07) is 14.4. The first kappa shape index (κ1) is 20.8. The predicted molar refractivity (Wildman–Crippen MR) is 112 cm³/mol. The lowest BCUT2D eigenvalue weighted by Crippen LogP contribution is -2.30. The number of halogens is 2. The number of hydrogen-bond donors (Lipinski definition) is 2. The van der Waals surface area contributed by atoms with E-state index in [4.69, 9.17) is 23.2 Å². The molecule has 1 aromatic heterocycles. The van der Waals surface area contributed by atoms with Crippen LogP contribution in [0.4, 0.5) is 5.69 Å². The second-order valence-corrected chi connectivity index (χ2v) is 7.19. The van der Waals surface area contributed by atoms with Crippen LogP contribution in [0.3, 0.4) is 0 Å². The highest BCUT2D eigenvalue weighted by atomic mass is 35.5. The van der Waals surface area contributed by atoms with E-state index in [-0.39, 0.29) is 18.1 Å². The van der Waals surface area contributed by atoms with E-state index in [0.717, 1.165) is 5.56 Å². The number of benzene rings is 2. The van der Waals surface area contributed by atoms with Crippen LogP contribution in [0.15, 0.2) is 48.5 Å². The van der Waals surface area contributed by atoms with Crippen LogP contribution in [0.25, 0.3) is 0 Å². The number of hydrogen-bond acceptors (Lipinski definition) is 4. The molecule has 1 heterocycles. The van der Waals surface area contributed by atoms with Gasteiger partial charge in [-0.25, -0.2) is 4.68 Å². The van der Waals surface area contributed by atoms with Crippen molar-refractivity contribution in [2.24, 2.45) is 0 Å². The van der Waals surface area contributed by atoms with Gasteiger partial charge in [-0.05, 0) is 43.2 Å². The molecule has 150 valence electrons. The molecule has 0 fully saturated rings. The molecule has 0 aliphatic rings. The number of rotatable bonds is 7. The molecule has 0 radical (unpaired) electrons. The van der Waals surface area contributed by atoms with Crippen LogP contribution < -0.4 is 10.6 Å². The Kier molecular flexibility index (Phi) is 6.85. The van der Waals surface area contributed by atoms with Gasteiger partial charge in [0.25, 0.3) is 5.91 Å². The van der Waals surface area contributed by atoms with Gasteiger partial charge in [0, 0.05) is 11.6 Å². The summed E-state index contributed by atoms with van der Waals surface area (Å²) in [5.41, 5.74) is 2.18. The van der Waals surface area contributed by atoms with Gasteiger partial charge in [-0.2, -0.15) is 0 Å². The third-order valence-corrected chi connectivity index (χ3v) is 4.84. The SMILES string of the molecule is Cc1c(C(=O)Nc2ccccc2Cl)nnn1CC(=O)NCCc1ccc(Cl)cc1. The molecule has 3 aromatic rings. The van der Waals surface area contributed by atoms with Gasteiger partial charge in [-0.3, -0.25) is 9.59 Å². The zero-order chi connectivity index (χ0) is 20.8. The van der Waals surface area contributed by atoms with Gasteiger partial charge < -0.3 is 10.6 Å². The standard InChI is InChI=1S/C20H19Cl2N5O2/c1-13-19(20(29)24-17-5-3-2-4-16(17)22)25-26-27(13)12-18(28)23-11-10-14-6-8-15(21)9-7-14/h2-9H,10-12H2,1H3,(H,23,28)(H,24,29). The van der Waals surface area contributed by atoms with Crippen molar-refractivity contribution in [2.75, 3.05) is 11.9 Å². The van der Waals surface area contributed by atoms with E-state index < -0.39 is 5.91 Å². The van der Waals surface area contributed by atoms with Crippen molar-refractivity contribution in [3.8, 4) is 0 Å².